The molecule has 0 spiro atoms. The van der Waals surface area contributed by atoms with Gasteiger partial charge in [-0.15, -0.1) is 0 Å². The maximum absolute atomic E-state index is 11.8. The first-order valence-corrected chi connectivity index (χ1v) is 5.74. The fourth-order valence-electron chi connectivity index (χ4n) is 1.50. The Labute approximate surface area is 105 Å². The van der Waals surface area contributed by atoms with Crippen molar-refractivity contribution < 1.29 is 14.5 Å². The second-order valence-corrected chi connectivity index (χ2v) is 3.87. The Morgan fingerprint density at radius 3 is 2.56 bits per heavy atom. The van der Waals surface area contributed by atoms with Crippen molar-refractivity contribution in [1.29, 1.82) is 0 Å². The van der Waals surface area contributed by atoms with Crippen molar-refractivity contribution in [3.05, 3.63) is 33.9 Å². The average molecular weight is 252 g/mol. The van der Waals surface area contributed by atoms with E-state index in [1.54, 1.807) is 0 Å². The summed E-state index contributed by atoms with van der Waals surface area (Å²) in [6.07, 6.45) is 1.19. The molecule has 1 aromatic carbocycles. The number of benzene rings is 1. The van der Waals surface area contributed by atoms with E-state index in [1.165, 1.54) is 12.1 Å². The second-order valence-electron chi connectivity index (χ2n) is 3.87. The van der Waals surface area contributed by atoms with E-state index in [0.29, 0.717) is 12.8 Å². The lowest BCUT2D eigenvalue weighted by atomic mass is 10.1. The number of non-ortho nitro benzene ring substituents is 1. The summed E-state index contributed by atoms with van der Waals surface area (Å²) >= 11 is 0. The zero-order chi connectivity index (χ0) is 13.7. The largest absolute Gasteiger partial charge is 0.459 e. The van der Waals surface area contributed by atoms with Crippen LogP contribution in [-0.2, 0) is 4.74 Å². The molecule has 0 aromatic heterocycles. The van der Waals surface area contributed by atoms with Crippen LogP contribution >= 0.6 is 0 Å². The Hall–Kier alpha value is -2.11. The van der Waals surface area contributed by atoms with E-state index in [-0.39, 0.29) is 23.0 Å². The van der Waals surface area contributed by atoms with Crippen molar-refractivity contribution in [1.82, 2.24) is 0 Å². The number of nitro benzene ring substituents is 1. The molecule has 0 aliphatic carbocycles. The van der Waals surface area contributed by atoms with Crippen LogP contribution in [0, 0.1) is 10.1 Å². The van der Waals surface area contributed by atoms with Gasteiger partial charge in [0.25, 0.3) is 5.69 Å². The minimum absolute atomic E-state index is 0.0381. The van der Waals surface area contributed by atoms with Gasteiger partial charge in [-0.25, -0.2) is 4.79 Å². The van der Waals surface area contributed by atoms with E-state index in [9.17, 15) is 14.9 Å². The summed E-state index contributed by atoms with van der Waals surface area (Å²) in [6, 6.07) is 3.73. The second kappa shape index (κ2) is 6.00. The van der Waals surface area contributed by atoms with Gasteiger partial charge in [0.05, 0.1) is 10.5 Å². The highest BCUT2D eigenvalue weighted by atomic mass is 16.6. The Balaban J connectivity index is 2.97. The van der Waals surface area contributed by atoms with E-state index in [2.05, 4.69) is 0 Å². The molecule has 0 bridgehead atoms. The van der Waals surface area contributed by atoms with Gasteiger partial charge in [0, 0.05) is 17.8 Å². The zero-order valence-electron chi connectivity index (χ0n) is 10.4. The first kappa shape index (κ1) is 14.0. The molecule has 0 heterocycles. The molecule has 0 aliphatic heterocycles. The number of esters is 1. The fraction of sp³-hybridized carbons (Fsp3) is 0.417. The molecule has 0 aliphatic rings. The summed E-state index contributed by atoms with van der Waals surface area (Å²) in [5.74, 6) is -0.620. The van der Waals surface area contributed by atoms with Gasteiger partial charge in [-0.2, -0.15) is 0 Å². The van der Waals surface area contributed by atoms with Crippen molar-refractivity contribution in [2.45, 2.75) is 32.8 Å². The smallest absolute Gasteiger partial charge is 0.340 e. The number of ether oxygens (including phenoxy) is 1. The third-order valence-electron chi connectivity index (χ3n) is 2.65. The minimum Gasteiger partial charge on any atom is -0.459 e. The number of nitrogens with zero attached hydrogens (tertiary/aromatic N) is 1. The zero-order valence-corrected chi connectivity index (χ0v) is 10.4. The number of anilines is 1. The maximum atomic E-state index is 11.8. The number of hydrogen-bond donors (Lipinski definition) is 1. The fourth-order valence-corrected chi connectivity index (χ4v) is 1.50. The molecule has 18 heavy (non-hydrogen) atoms. The predicted octanol–water partition coefficient (Wildman–Crippen LogP) is 2.52. The van der Waals surface area contributed by atoms with Gasteiger partial charge in [0.15, 0.2) is 0 Å². The standard InChI is InChI=1S/C12H16N2O4/c1-3-9(4-2)18-12(15)10-7-8(14(16)17)5-6-11(10)13/h5-7,9H,3-4,13H2,1-2H3. The van der Waals surface area contributed by atoms with Crippen LogP contribution in [0.1, 0.15) is 37.0 Å². The normalized spacial score (nSPS) is 10.4. The lowest BCUT2D eigenvalue weighted by Crippen LogP contribution is -2.17. The number of carbonyl (C=O) groups excluding carboxylic acids is 1. The molecular weight excluding hydrogens is 236 g/mol. The van der Waals surface area contributed by atoms with Crippen LogP contribution in [0.2, 0.25) is 0 Å². The quantitative estimate of drug-likeness (QED) is 0.376. The molecule has 1 aromatic rings. The van der Waals surface area contributed by atoms with Gasteiger partial charge in [0.1, 0.15) is 6.10 Å². The molecule has 98 valence electrons. The number of nitrogens with two attached hydrogens (primary N) is 1. The first-order valence-electron chi connectivity index (χ1n) is 5.74. The lowest BCUT2D eigenvalue weighted by molar-refractivity contribution is -0.384. The number of rotatable bonds is 5. The highest BCUT2D eigenvalue weighted by Gasteiger charge is 2.18. The molecule has 0 saturated carbocycles. The molecule has 6 heteroatoms. The summed E-state index contributed by atoms with van der Waals surface area (Å²) in [5, 5.41) is 10.6. The summed E-state index contributed by atoms with van der Waals surface area (Å²) in [5.41, 5.74) is 5.66. The molecule has 0 saturated heterocycles. The van der Waals surface area contributed by atoms with Gasteiger partial charge in [-0.3, -0.25) is 10.1 Å². The summed E-state index contributed by atoms with van der Waals surface area (Å²) < 4.78 is 5.21. The van der Waals surface area contributed by atoms with Crippen molar-refractivity contribution in [3.63, 3.8) is 0 Å². The molecule has 6 nitrogen and oxygen atoms in total. The van der Waals surface area contributed by atoms with Crippen molar-refractivity contribution in [2.24, 2.45) is 0 Å². The van der Waals surface area contributed by atoms with Crippen molar-refractivity contribution in [2.75, 3.05) is 5.73 Å². The number of nitro groups is 1. The molecule has 0 unspecified atom stereocenters. The van der Waals surface area contributed by atoms with Gasteiger partial charge in [0.2, 0.25) is 0 Å². The molecule has 2 N–H and O–H groups in total. The Bertz CT molecular complexity index is 455. The monoisotopic (exact) mass is 252 g/mol. The Kier molecular flexibility index (Phi) is 4.65. The highest BCUT2D eigenvalue weighted by Crippen LogP contribution is 2.21. The average Bonchev–Trinajstić information content (AvgIpc) is 2.35. The van der Waals surface area contributed by atoms with Crippen LogP contribution in [0.25, 0.3) is 0 Å². The van der Waals surface area contributed by atoms with Crippen LogP contribution < -0.4 is 5.73 Å². The van der Waals surface area contributed by atoms with Crippen molar-refractivity contribution in [3.8, 4) is 0 Å². The van der Waals surface area contributed by atoms with Crippen LogP contribution in [0.4, 0.5) is 11.4 Å². The molecule has 0 radical (unpaired) electrons. The molecular formula is C12H16N2O4. The first-order chi connectivity index (χ1) is 8.49. The minimum atomic E-state index is -0.620. The maximum Gasteiger partial charge on any atom is 0.340 e. The van der Waals surface area contributed by atoms with Crippen LogP contribution in [-0.4, -0.2) is 17.0 Å². The van der Waals surface area contributed by atoms with Gasteiger partial charge >= 0.3 is 5.97 Å². The van der Waals surface area contributed by atoms with E-state index in [4.69, 9.17) is 10.5 Å². The van der Waals surface area contributed by atoms with E-state index >= 15 is 0 Å². The number of hydrogen-bond acceptors (Lipinski definition) is 5. The number of nitrogen functional groups attached to an aromatic ring is 1. The highest BCUT2D eigenvalue weighted by molar-refractivity contribution is 5.95. The van der Waals surface area contributed by atoms with Gasteiger partial charge < -0.3 is 10.5 Å². The summed E-state index contributed by atoms with van der Waals surface area (Å²) in [7, 11) is 0. The van der Waals surface area contributed by atoms with Gasteiger partial charge in [-0.05, 0) is 18.9 Å². The Morgan fingerprint density at radius 1 is 1.44 bits per heavy atom. The van der Waals surface area contributed by atoms with Crippen LogP contribution in [0.3, 0.4) is 0 Å². The van der Waals surface area contributed by atoms with E-state index in [0.717, 1.165) is 6.07 Å². The number of carbonyl (C=O) groups is 1. The van der Waals surface area contributed by atoms with E-state index in [1.807, 2.05) is 13.8 Å². The predicted molar refractivity (Wildman–Crippen MR) is 67.3 cm³/mol. The Morgan fingerprint density at radius 2 is 2.06 bits per heavy atom. The van der Waals surface area contributed by atoms with Gasteiger partial charge in [-0.1, -0.05) is 13.8 Å². The topological polar surface area (TPSA) is 95.5 Å². The lowest BCUT2D eigenvalue weighted by Gasteiger charge is -2.14. The van der Waals surface area contributed by atoms with Crippen LogP contribution in [0.5, 0.6) is 0 Å². The third kappa shape index (κ3) is 3.19. The summed E-state index contributed by atoms with van der Waals surface area (Å²) in [6.45, 7) is 3.80. The molecule has 1 rings (SSSR count). The molecule has 0 fully saturated rings. The SMILES string of the molecule is CCC(CC)OC(=O)c1cc([N+](=O)[O-])ccc1N. The molecule has 0 atom stereocenters. The third-order valence-corrected chi connectivity index (χ3v) is 2.65. The van der Waals surface area contributed by atoms with Crippen LogP contribution in [0.15, 0.2) is 18.2 Å². The van der Waals surface area contributed by atoms with E-state index < -0.39 is 10.9 Å². The molecule has 0 amide bonds. The summed E-state index contributed by atoms with van der Waals surface area (Å²) in [4.78, 5) is 21.9. The van der Waals surface area contributed by atoms with Crippen molar-refractivity contribution >= 4 is 17.3 Å².